The summed E-state index contributed by atoms with van der Waals surface area (Å²) in [5.74, 6) is 1.08. The summed E-state index contributed by atoms with van der Waals surface area (Å²) in [6.45, 7) is 4.00. The highest BCUT2D eigenvalue weighted by atomic mass is 15.3. The van der Waals surface area contributed by atoms with E-state index in [0.29, 0.717) is 0 Å². The zero-order chi connectivity index (χ0) is 7.26. The molecule has 0 aromatic rings. The minimum Gasteiger partial charge on any atom is -0.311 e. The van der Waals surface area contributed by atoms with Crippen molar-refractivity contribution in [2.45, 2.75) is 31.3 Å². The fraction of sp³-hybridized carbons (Fsp3) is 1.00. The Hall–Kier alpha value is -0.0800. The number of hydrogen-bond donors (Lipinski definition) is 1. The number of hydrogen-bond acceptors (Lipinski definition) is 2. The fourth-order valence-corrected chi connectivity index (χ4v) is 2.50. The summed E-state index contributed by atoms with van der Waals surface area (Å²) in [6, 6.07) is 1.75. The molecule has 11 heavy (non-hydrogen) atoms. The monoisotopic (exact) mass is 152 g/mol. The van der Waals surface area contributed by atoms with E-state index in [9.17, 15) is 0 Å². The molecule has 1 aliphatic carbocycles. The van der Waals surface area contributed by atoms with Crippen molar-refractivity contribution < 1.29 is 0 Å². The lowest BCUT2D eigenvalue weighted by Gasteiger charge is -2.26. The van der Waals surface area contributed by atoms with Gasteiger partial charge in [-0.1, -0.05) is 0 Å². The molecule has 1 N–H and O–H groups in total. The molecular weight excluding hydrogens is 136 g/mol. The van der Waals surface area contributed by atoms with Crippen LogP contribution < -0.4 is 5.32 Å². The number of nitrogens with one attached hydrogen (secondary N) is 1. The van der Waals surface area contributed by atoms with Crippen molar-refractivity contribution in [2.24, 2.45) is 5.92 Å². The van der Waals surface area contributed by atoms with E-state index >= 15 is 0 Å². The van der Waals surface area contributed by atoms with E-state index in [1.807, 2.05) is 0 Å². The first-order valence-electron chi connectivity index (χ1n) is 4.89. The number of nitrogens with zero attached hydrogens (tertiary/aromatic N) is 1. The molecule has 3 aliphatic rings. The summed E-state index contributed by atoms with van der Waals surface area (Å²) in [5, 5.41) is 3.54. The van der Waals surface area contributed by atoms with Crippen LogP contribution in [-0.2, 0) is 0 Å². The molecular formula is C9H16N2. The van der Waals surface area contributed by atoms with Crippen LogP contribution in [0.5, 0.6) is 0 Å². The lowest BCUT2D eigenvalue weighted by atomic mass is 10.2. The summed E-state index contributed by atoms with van der Waals surface area (Å²) in [5.41, 5.74) is 0. The molecule has 0 spiro atoms. The van der Waals surface area contributed by atoms with Crippen molar-refractivity contribution in [1.29, 1.82) is 0 Å². The number of piperazine rings is 1. The molecule has 0 unspecified atom stereocenters. The van der Waals surface area contributed by atoms with Gasteiger partial charge < -0.3 is 5.32 Å². The topological polar surface area (TPSA) is 15.3 Å². The van der Waals surface area contributed by atoms with E-state index in [4.69, 9.17) is 0 Å². The smallest absolute Gasteiger partial charge is 0.0236 e. The zero-order valence-electron chi connectivity index (χ0n) is 6.92. The molecule has 2 atom stereocenters. The molecule has 0 aromatic heterocycles. The molecule has 3 rings (SSSR count). The maximum absolute atomic E-state index is 3.54. The first-order valence-corrected chi connectivity index (χ1v) is 4.89. The second kappa shape index (κ2) is 2.20. The first kappa shape index (κ1) is 6.44. The van der Waals surface area contributed by atoms with Crippen LogP contribution in [0.1, 0.15) is 19.3 Å². The highest BCUT2D eigenvalue weighted by Crippen LogP contribution is 2.33. The summed E-state index contributed by atoms with van der Waals surface area (Å²) in [6.07, 6.45) is 4.43. The SMILES string of the molecule is C1CC1CN1C[C@H]2C[C@H]1CN2. The van der Waals surface area contributed by atoms with Gasteiger partial charge in [0.15, 0.2) is 0 Å². The van der Waals surface area contributed by atoms with E-state index in [1.165, 1.54) is 38.9 Å². The Bertz CT molecular complexity index is 165. The van der Waals surface area contributed by atoms with Crippen LogP contribution in [0.25, 0.3) is 0 Å². The molecule has 2 nitrogen and oxygen atoms in total. The minimum atomic E-state index is 0.846. The van der Waals surface area contributed by atoms with E-state index in [1.54, 1.807) is 0 Å². The molecule has 3 fully saturated rings. The van der Waals surface area contributed by atoms with Gasteiger partial charge in [0, 0.05) is 31.7 Å². The van der Waals surface area contributed by atoms with E-state index in [0.717, 1.165) is 18.0 Å². The van der Waals surface area contributed by atoms with Gasteiger partial charge in [0.1, 0.15) is 0 Å². The zero-order valence-corrected chi connectivity index (χ0v) is 6.92. The van der Waals surface area contributed by atoms with Crippen LogP contribution in [0, 0.1) is 5.92 Å². The molecule has 2 bridgehead atoms. The van der Waals surface area contributed by atoms with Crippen LogP contribution in [-0.4, -0.2) is 36.6 Å². The highest BCUT2D eigenvalue weighted by molar-refractivity contribution is 4.98. The third kappa shape index (κ3) is 1.09. The Labute approximate surface area is 68.0 Å². The highest BCUT2D eigenvalue weighted by Gasteiger charge is 2.39. The van der Waals surface area contributed by atoms with Gasteiger partial charge in [0.05, 0.1) is 0 Å². The standard InChI is InChI=1S/C9H16N2/c1-2-7(1)5-11-6-8-3-9(11)4-10-8/h7-10H,1-6H2/t8-,9+/m1/s1. The van der Waals surface area contributed by atoms with E-state index in [2.05, 4.69) is 10.2 Å². The predicted molar refractivity (Wildman–Crippen MR) is 44.5 cm³/mol. The van der Waals surface area contributed by atoms with Crippen LogP contribution in [0.4, 0.5) is 0 Å². The van der Waals surface area contributed by atoms with Crippen molar-refractivity contribution in [3.05, 3.63) is 0 Å². The summed E-state index contributed by atoms with van der Waals surface area (Å²) < 4.78 is 0. The first-order chi connectivity index (χ1) is 5.42. The van der Waals surface area contributed by atoms with Gasteiger partial charge in [0.25, 0.3) is 0 Å². The summed E-state index contributed by atoms with van der Waals surface area (Å²) in [4.78, 5) is 2.71. The average molecular weight is 152 g/mol. The van der Waals surface area contributed by atoms with Crippen LogP contribution in [0.2, 0.25) is 0 Å². The van der Waals surface area contributed by atoms with Gasteiger partial charge in [-0.25, -0.2) is 0 Å². The van der Waals surface area contributed by atoms with Gasteiger partial charge in [-0.15, -0.1) is 0 Å². The Morgan fingerprint density at radius 2 is 2.27 bits per heavy atom. The van der Waals surface area contributed by atoms with E-state index in [-0.39, 0.29) is 0 Å². The Balaban J connectivity index is 1.62. The van der Waals surface area contributed by atoms with Crippen LogP contribution >= 0.6 is 0 Å². The van der Waals surface area contributed by atoms with Crippen molar-refractivity contribution in [2.75, 3.05) is 19.6 Å². The Kier molecular flexibility index (Phi) is 1.29. The maximum atomic E-state index is 3.54. The van der Waals surface area contributed by atoms with Crippen molar-refractivity contribution in [1.82, 2.24) is 10.2 Å². The molecule has 0 aromatic carbocycles. The third-order valence-corrected chi connectivity index (χ3v) is 3.36. The van der Waals surface area contributed by atoms with Gasteiger partial charge in [-0.05, 0) is 25.2 Å². The normalized spacial score (nSPS) is 43.6. The molecule has 0 amide bonds. The number of fused-ring (bicyclic) bond motifs is 2. The van der Waals surface area contributed by atoms with Gasteiger partial charge in [-0.3, -0.25) is 4.90 Å². The van der Waals surface area contributed by atoms with Gasteiger partial charge in [-0.2, -0.15) is 0 Å². The number of rotatable bonds is 2. The fourth-order valence-electron chi connectivity index (χ4n) is 2.50. The van der Waals surface area contributed by atoms with Crippen LogP contribution in [0.3, 0.4) is 0 Å². The second-order valence-electron chi connectivity index (χ2n) is 4.39. The van der Waals surface area contributed by atoms with Crippen molar-refractivity contribution >= 4 is 0 Å². The minimum absolute atomic E-state index is 0.846. The average Bonchev–Trinajstić information content (AvgIpc) is 2.61. The largest absolute Gasteiger partial charge is 0.311 e. The van der Waals surface area contributed by atoms with Crippen LogP contribution in [0.15, 0.2) is 0 Å². The number of likely N-dealkylation sites (tertiary alicyclic amines) is 1. The Morgan fingerprint density at radius 3 is 2.82 bits per heavy atom. The third-order valence-electron chi connectivity index (χ3n) is 3.36. The van der Waals surface area contributed by atoms with Gasteiger partial charge in [0.2, 0.25) is 0 Å². The maximum Gasteiger partial charge on any atom is 0.0236 e. The van der Waals surface area contributed by atoms with Gasteiger partial charge >= 0.3 is 0 Å². The molecule has 62 valence electrons. The summed E-state index contributed by atoms with van der Waals surface area (Å²) in [7, 11) is 0. The van der Waals surface area contributed by atoms with Crippen molar-refractivity contribution in [3.63, 3.8) is 0 Å². The van der Waals surface area contributed by atoms with E-state index < -0.39 is 0 Å². The lowest BCUT2D eigenvalue weighted by Crippen LogP contribution is -2.44. The predicted octanol–water partition coefficient (Wildman–Crippen LogP) is 0.442. The molecule has 2 saturated heterocycles. The lowest BCUT2D eigenvalue weighted by molar-refractivity contribution is 0.217. The quantitative estimate of drug-likeness (QED) is 0.618. The Morgan fingerprint density at radius 1 is 1.36 bits per heavy atom. The molecule has 2 heteroatoms. The molecule has 2 aliphatic heterocycles. The summed E-state index contributed by atoms with van der Waals surface area (Å²) >= 11 is 0. The molecule has 2 heterocycles. The molecule has 0 radical (unpaired) electrons. The second-order valence-corrected chi connectivity index (χ2v) is 4.39. The van der Waals surface area contributed by atoms with Crippen molar-refractivity contribution in [3.8, 4) is 0 Å². The molecule has 1 saturated carbocycles.